The molecule has 4 N–H and O–H groups in total. The summed E-state index contributed by atoms with van der Waals surface area (Å²) in [6, 6.07) is 22.0. The van der Waals surface area contributed by atoms with Crippen molar-refractivity contribution in [3.8, 4) is 0 Å². The van der Waals surface area contributed by atoms with Gasteiger partial charge in [-0.3, -0.25) is 9.59 Å². The van der Waals surface area contributed by atoms with Crippen LogP contribution in [-0.2, 0) is 12.8 Å². The molecule has 0 bridgehead atoms. The topological polar surface area (TPSA) is 115 Å². The summed E-state index contributed by atoms with van der Waals surface area (Å²) in [7, 11) is 0. The fourth-order valence-electron chi connectivity index (χ4n) is 4.95. The number of hydrogen-bond donors (Lipinski definition) is 4. The second kappa shape index (κ2) is 27.0. The number of aliphatic hydroxyl groups excluding tert-OH is 4. The second-order valence-electron chi connectivity index (χ2n) is 11.5. The van der Waals surface area contributed by atoms with E-state index in [0.29, 0.717) is 35.5 Å². The van der Waals surface area contributed by atoms with Crippen molar-refractivity contribution in [2.24, 2.45) is 0 Å². The van der Waals surface area contributed by atoms with Gasteiger partial charge in [-0.25, -0.2) is 0 Å². The van der Waals surface area contributed by atoms with Crippen LogP contribution in [0.3, 0.4) is 0 Å². The average Bonchev–Trinajstić information content (AvgIpc) is 3.11. The highest BCUT2D eigenvalue weighted by Crippen LogP contribution is 2.26. The van der Waals surface area contributed by atoms with Gasteiger partial charge in [0.1, 0.15) is 0 Å². The summed E-state index contributed by atoms with van der Waals surface area (Å²) in [4.78, 5) is 27.1. The SMILES string of the molecule is CCCCCO.CCCCCO.O=C(c1ccccc1)c1cc(CCCCCO)c(CCCCCO)cc1C(=O)c1ccccc1. The van der Waals surface area contributed by atoms with Gasteiger partial charge < -0.3 is 20.4 Å². The maximum absolute atomic E-state index is 13.5. The molecule has 0 heterocycles. The van der Waals surface area contributed by atoms with Gasteiger partial charge in [-0.1, -0.05) is 113 Å². The zero-order valence-electron chi connectivity index (χ0n) is 28.3. The highest BCUT2D eigenvalue weighted by molar-refractivity contribution is 6.19. The number of carbonyl (C=O) groups excluding carboxylic acids is 2. The summed E-state index contributed by atoms with van der Waals surface area (Å²) < 4.78 is 0. The monoisotopic (exact) mass is 634 g/mol. The minimum Gasteiger partial charge on any atom is -0.396 e. The van der Waals surface area contributed by atoms with Crippen LogP contribution >= 0.6 is 0 Å². The fraction of sp³-hybridized carbons (Fsp3) is 0.500. The number of ketones is 2. The molecule has 46 heavy (non-hydrogen) atoms. The number of aryl methyl sites for hydroxylation is 2. The van der Waals surface area contributed by atoms with Crippen LogP contribution in [0.5, 0.6) is 0 Å². The van der Waals surface area contributed by atoms with Gasteiger partial charge in [0.05, 0.1) is 0 Å². The molecule has 3 rings (SSSR count). The van der Waals surface area contributed by atoms with Gasteiger partial charge in [-0.05, 0) is 74.6 Å². The molecule has 0 atom stereocenters. The van der Waals surface area contributed by atoms with Crippen molar-refractivity contribution in [1.29, 1.82) is 0 Å². The first kappa shape index (κ1) is 40.9. The van der Waals surface area contributed by atoms with Crippen molar-refractivity contribution >= 4 is 11.6 Å². The van der Waals surface area contributed by atoms with Gasteiger partial charge in [0.15, 0.2) is 11.6 Å². The summed E-state index contributed by atoms with van der Waals surface area (Å²) in [5, 5.41) is 34.7. The van der Waals surface area contributed by atoms with E-state index in [-0.39, 0.29) is 24.8 Å². The molecule has 3 aromatic carbocycles. The highest BCUT2D eigenvalue weighted by Gasteiger charge is 2.22. The third-order valence-corrected chi connectivity index (χ3v) is 7.63. The zero-order valence-corrected chi connectivity index (χ0v) is 28.3. The van der Waals surface area contributed by atoms with Crippen LogP contribution in [0.15, 0.2) is 72.8 Å². The van der Waals surface area contributed by atoms with Gasteiger partial charge >= 0.3 is 0 Å². The molecule has 0 aliphatic carbocycles. The first-order valence-electron chi connectivity index (χ1n) is 17.3. The normalized spacial score (nSPS) is 10.4. The van der Waals surface area contributed by atoms with Crippen LogP contribution < -0.4 is 0 Å². The van der Waals surface area contributed by atoms with Crippen LogP contribution in [0, 0.1) is 0 Å². The number of unbranched alkanes of at least 4 members (excludes halogenated alkanes) is 8. The van der Waals surface area contributed by atoms with Crippen molar-refractivity contribution in [1.82, 2.24) is 0 Å². The van der Waals surface area contributed by atoms with E-state index in [0.717, 1.165) is 88.2 Å². The standard InChI is InChI=1S/C30H34O4.2C5H12O/c31-19-11-3-9-17-25-21-27(29(33)23-13-5-1-6-14-23)28(22-26(25)18-10-4-12-20-32)30(34)24-15-7-2-8-16-24;2*1-2-3-4-5-6/h1-2,5-8,13-16,21-22,31-32H,3-4,9-12,17-20H2;2*6H,2-5H2,1H3. The number of benzene rings is 3. The van der Waals surface area contributed by atoms with Crippen molar-refractivity contribution < 1.29 is 30.0 Å². The fourth-order valence-corrected chi connectivity index (χ4v) is 4.95. The Bertz CT molecular complexity index is 1090. The molecule has 0 amide bonds. The van der Waals surface area contributed by atoms with Crippen molar-refractivity contribution in [2.75, 3.05) is 26.4 Å². The van der Waals surface area contributed by atoms with Crippen molar-refractivity contribution in [3.63, 3.8) is 0 Å². The molecule has 0 aromatic heterocycles. The molecule has 254 valence electrons. The molecular formula is C40H58O6. The van der Waals surface area contributed by atoms with E-state index < -0.39 is 0 Å². The maximum atomic E-state index is 13.5. The first-order valence-corrected chi connectivity index (χ1v) is 17.3. The quantitative estimate of drug-likeness (QED) is 0.0742. The van der Waals surface area contributed by atoms with E-state index in [9.17, 15) is 9.59 Å². The largest absolute Gasteiger partial charge is 0.396 e. The van der Waals surface area contributed by atoms with E-state index in [1.54, 1.807) is 24.3 Å². The molecule has 0 spiro atoms. The highest BCUT2D eigenvalue weighted by atomic mass is 16.3. The molecular weight excluding hydrogens is 576 g/mol. The van der Waals surface area contributed by atoms with E-state index in [2.05, 4.69) is 13.8 Å². The molecule has 6 nitrogen and oxygen atoms in total. The Morgan fingerprint density at radius 1 is 0.457 bits per heavy atom. The number of aliphatic hydroxyl groups is 4. The number of hydrogen-bond acceptors (Lipinski definition) is 6. The molecule has 0 unspecified atom stereocenters. The molecule has 0 saturated heterocycles. The lowest BCUT2D eigenvalue weighted by atomic mass is 9.86. The molecule has 0 aliphatic heterocycles. The van der Waals surface area contributed by atoms with Crippen LogP contribution in [0.4, 0.5) is 0 Å². The lowest BCUT2D eigenvalue weighted by Gasteiger charge is -2.16. The third kappa shape index (κ3) is 16.4. The van der Waals surface area contributed by atoms with Crippen LogP contribution in [-0.4, -0.2) is 58.4 Å². The molecule has 6 heteroatoms. The average molecular weight is 635 g/mol. The smallest absolute Gasteiger partial charge is 0.193 e. The van der Waals surface area contributed by atoms with Crippen LogP contribution in [0.2, 0.25) is 0 Å². The van der Waals surface area contributed by atoms with Gasteiger partial charge in [0, 0.05) is 48.7 Å². The molecule has 3 aromatic rings. The second-order valence-corrected chi connectivity index (χ2v) is 11.5. The molecule has 0 fully saturated rings. The van der Waals surface area contributed by atoms with E-state index in [1.807, 2.05) is 48.5 Å². The molecule has 0 saturated carbocycles. The molecule has 0 radical (unpaired) electrons. The van der Waals surface area contributed by atoms with Crippen LogP contribution in [0.1, 0.15) is 134 Å². The lowest BCUT2D eigenvalue weighted by Crippen LogP contribution is -2.14. The first-order chi connectivity index (χ1) is 22.5. The van der Waals surface area contributed by atoms with Gasteiger partial charge in [0.25, 0.3) is 0 Å². The van der Waals surface area contributed by atoms with Gasteiger partial charge in [-0.2, -0.15) is 0 Å². The predicted molar refractivity (Wildman–Crippen MR) is 189 cm³/mol. The van der Waals surface area contributed by atoms with Crippen molar-refractivity contribution in [3.05, 3.63) is 106 Å². The zero-order chi connectivity index (χ0) is 33.8. The summed E-state index contributed by atoms with van der Waals surface area (Å²) >= 11 is 0. The summed E-state index contributed by atoms with van der Waals surface area (Å²) in [5.41, 5.74) is 4.18. The Balaban J connectivity index is 0.000000747. The Kier molecular flexibility index (Phi) is 24.0. The minimum absolute atomic E-state index is 0.150. The summed E-state index contributed by atoms with van der Waals surface area (Å²) in [6.07, 6.45) is 13.4. The molecule has 0 aliphatic rings. The Morgan fingerprint density at radius 3 is 1.07 bits per heavy atom. The predicted octanol–water partition coefficient (Wildman–Crippen LogP) is 7.90. The van der Waals surface area contributed by atoms with E-state index in [4.69, 9.17) is 20.4 Å². The van der Waals surface area contributed by atoms with E-state index in [1.165, 1.54) is 12.8 Å². The Morgan fingerprint density at radius 2 is 0.783 bits per heavy atom. The maximum Gasteiger partial charge on any atom is 0.193 e. The Hall–Kier alpha value is -3.16. The Labute approximate surface area is 277 Å². The van der Waals surface area contributed by atoms with Gasteiger partial charge in [0.2, 0.25) is 0 Å². The van der Waals surface area contributed by atoms with Crippen LogP contribution in [0.25, 0.3) is 0 Å². The van der Waals surface area contributed by atoms with E-state index >= 15 is 0 Å². The minimum atomic E-state index is -0.150. The third-order valence-electron chi connectivity index (χ3n) is 7.63. The van der Waals surface area contributed by atoms with Crippen molar-refractivity contribution in [2.45, 2.75) is 104 Å². The number of carbonyl (C=O) groups is 2. The lowest BCUT2D eigenvalue weighted by molar-refractivity contribution is 0.100. The summed E-state index contributed by atoms with van der Waals surface area (Å²) in [5.74, 6) is -0.299. The number of rotatable bonds is 20. The summed E-state index contributed by atoms with van der Waals surface area (Å²) in [6.45, 7) is 5.31. The van der Waals surface area contributed by atoms with Gasteiger partial charge in [-0.15, -0.1) is 0 Å².